The molecule has 0 fully saturated rings. The maximum absolute atomic E-state index is 12.9. The standard InChI is InChI=1S/C26H30N8O2/c1-26(2,3)24-32-23(36-33-24)22(35)30-21-8-6-5-7-16-13-17(9-10-19(16)21)20-11-12-27-25(31-20)29-18-14-28-34(4)15-18/h9-15,21H,5-8H2,1-4H3,(H,30,35)(H,27,29,31)/t21-/m1/s1. The highest BCUT2D eigenvalue weighted by Gasteiger charge is 2.27. The van der Waals surface area contributed by atoms with Crippen LogP contribution >= 0.6 is 0 Å². The largest absolute Gasteiger partial charge is 0.341 e. The van der Waals surface area contributed by atoms with Crippen LogP contribution in [-0.4, -0.2) is 35.8 Å². The number of fused-ring (bicyclic) bond motifs is 1. The molecule has 36 heavy (non-hydrogen) atoms. The Kier molecular flexibility index (Phi) is 6.26. The van der Waals surface area contributed by atoms with E-state index in [1.54, 1.807) is 17.1 Å². The van der Waals surface area contributed by atoms with E-state index in [-0.39, 0.29) is 23.3 Å². The molecule has 3 heterocycles. The fourth-order valence-corrected chi connectivity index (χ4v) is 4.33. The van der Waals surface area contributed by atoms with Gasteiger partial charge >= 0.3 is 11.8 Å². The average molecular weight is 487 g/mol. The SMILES string of the molecule is Cn1cc(Nc2nccc(-c3ccc4c(c3)CCCC[C@H]4NC(=O)c3nc(C(C)(C)C)no3)n2)cn1. The van der Waals surface area contributed by atoms with Gasteiger partial charge in [0.2, 0.25) is 5.95 Å². The van der Waals surface area contributed by atoms with Gasteiger partial charge in [0.05, 0.1) is 23.6 Å². The lowest BCUT2D eigenvalue weighted by Crippen LogP contribution is -2.29. The predicted octanol–water partition coefficient (Wildman–Crippen LogP) is 4.50. The first-order valence-corrected chi connectivity index (χ1v) is 12.1. The third kappa shape index (κ3) is 5.12. The molecule has 0 aliphatic heterocycles. The molecule has 2 N–H and O–H groups in total. The number of nitrogens with zero attached hydrogens (tertiary/aromatic N) is 6. The minimum Gasteiger partial charge on any atom is -0.341 e. The van der Waals surface area contributed by atoms with E-state index in [1.165, 1.54) is 5.56 Å². The summed E-state index contributed by atoms with van der Waals surface area (Å²) in [6, 6.07) is 8.08. The first kappa shape index (κ1) is 23.7. The second-order valence-corrected chi connectivity index (χ2v) is 10.2. The highest BCUT2D eigenvalue weighted by Crippen LogP contribution is 2.32. The maximum Gasteiger partial charge on any atom is 0.315 e. The van der Waals surface area contributed by atoms with Crippen molar-refractivity contribution in [2.75, 3.05) is 5.32 Å². The molecule has 0 unspecified atom stereocenters. The van der Waals surface area contributed by atoms with Gasteiger partial charge in [-0.15, -0.1) is 0 Å². The van der Waals surface area contributed by atoms with Crippen LogP contribution in [0.4, 0.5) is 11.6 Å². The Bertz CT molecular complexity index is 1380. The molecule has 0 spiro atoms. The van der Waals surface area contributed by atoms with E-state index in [4.69, 9.17) is 9.51 Å². The molecule has 0 radical (unpaired) electrons. The molecule has 0 saturated carbocycles. The van der Waals surface area contributed by atoms with Crippen molar-refractivity contribution in [3.63, 3.8) is 0 Å². The fraction of sp³-hybridized carbons (Fsp3) is 0.385. The minimum absolute atomic E-state index is 0.00280. The second kappa shape index (κ2) is 9.52. The first-order valence-electron chi connectivity index (χ1n) is 12.1. The first-order chi connectivity index (χ1) is 17.3. The molecule has 1 aliphatic rings. The monoisotopic (exact) mass is 486 g/mol. The molecule has 3 aromatic heterocycles. The number of aromatic nitrogens is 6. The zero-order valence-corrected chi connectivity index (χ0v) is 20.9. The lowest BCUT2D eigenvalue weighted by atomic mass is 9.95. The minimum atomic E-state index is -0.346. The Balaban J connectivity index is 1.36. The quantitative estimate of drug-likeness (QED) is 0.395. The van der Waals surface area contributed by atoms with E-state index in [2.05, 4.69) is 43.0 Å². The zero-order valence-electron chi connectivity index (χ0n) is 20.9. The Morgan fingerprint density at radius 1 is 1.17 bits per heavy atom. The van der Waals surface area contributed by atoms with Gasteiger partial charge in [0, 0.05) is 30.4 Å². The molecule has 5 rings (SSSR count). The molecule has 4 aromatic rings. The molecule has 10 heteroatoms. The van der Waals surface area contributed by atoms with Crippen molar-refractivity contribution >= 4 is 17.5 Å². The lowest BCUT2D eigenvalue weighted by molar-refractivity contribution is 0.0890. The van der Waals surface area contributed by atoms with Gasteiger partial charge in [-0.05, 0) is 42.5 Å². The van der Waals surface area contributed by atoms with E-state index < -0.39 is 0 Å². The number of carbonyl (C=O) groups excluding carboxylic acids is 1. The van der Waals surface area contributed by atoms with E-state index in [9.17, 15) is 4.79 Å². The Morgan fingerprint density at radius 2 is 2.03 bits per heavy atom. The lowest BCUT2D eigenvalue weighted by Gasteiger charge is -2.19. The molecule has 0 bridgehead atoms. The molecule has 1 aliphatic carbocycles. The summed E-state index contributed by atoms with van der Waals surface area (Å²) in [5.41, 5.74) is 4.68. The summed E-state index contributed by atoms with van der Waals surface area (Å²) in [6.07, 6.45) is 9.19. The van der Waals surface area contributed by atoms with Crippen LogP contribution in [0.1, 0.15) is 73.7 Å². The summed E-state index contributed by atoms with van der Waals surface area (Å²) >= 11 is 0. The van der Waals surface area contributed by atoms with Crippen LogP contribution in [-0.2, 0) is 18.9 Å². The van der Waals surface area contributed by atoms with Crippen LogP contribution in [0, 0.1) is 0 Å². The molecule has 1 amide bonds. The zero-order chi connectivity index (χ0) is 25.3. The summed E-state index contributed by atoms with van der Waals surface area (Å²) in [5.74, 6) is 0.675. The van der Waals surface area contributed by atoms with Crippen molar-refractivity contribution < 1.29 is 9.32 Å². The van der Waals surface area contributed by atoms with E-state index in [1.807, 2.05) is 46.1 Å². The second-order valence-electron chi connectivity index (χ2n) is 10.2. The molecular formula is C26H30N8O2. The van der Waals surface area contributed by atoms with Gasteiger partial charge in [0.25, 0.3) is 0 Å². The van der Waals surface area contributed by atoms with Crippen LogP contribution in [0.2, 0.25) is 0 Å². The van der Waals surface area contributed by atoms with Crippen LogP contribution < -0.4 is 10.6 Å². The highest BCUT2D eigenvalue weighted by atomic mass is 16.5. The van der Waals surface area contributed by atoms with Crippen molar-refractivity contribution in [2.45, 2.75) is 57.9 Å². The Hall–Kier alpha value is -4.08. The smallest absolute Gasteiger partial charge is 0.315 e. The van der Waals surface area contributed by atoms with Crippen LogP contribution in [0.3, 0.4) is 0 Å². The number of nitrogens with one attached hydrogen (secondary N) is 2. The summed E-state index contributed by atoms with van der Waals surface area (Å²) in [7, 11) is 1.86. The number of aryl methyl sites for hydroxylation is 2. The highest BCUT2D eigenvalue weighted by molar-refractivity contribution is 5.89. The summed E-state index contributed by atoms with van der Waals surface area (Å²) in [5, 5.41) is 14.4. The van der Waals surface area contributed by atoms with E-state index in [0.29, 0.717) is 11.8 Å². The molecule has 186 valence electrons. The van der Waals surface area contributed by atoms with Gasteiger partial charge in [-0.1, -0.05) is 44.5 Å². The van der Waals surface area contributed by atoms with Gasteiger partial charge < -0.3 is 15.2 Å². The third-order valence-corrected chi connectivity index (χ3v) is 6.22. The van der Waals surface area contributed by atoms with Gasteiger partial charge in [-0.3, -0.25) is 9.48 Å². The Labute approximate surface area is 209 Å². The Morgan fingerprint density at radius 3 is 2.78 bits per heavy atom. The number of carbonyl (C=O) groups is 1. The van der Waals surface area contributed by atoms with E-state index in [0.717, 1.165) is 48.2 Å². The number of amides is 1. The average Bonchev–Trinajstić information content (AvgIpc) is 3.46. The van der Waals surface area contributed by atoms with Crippen LogP contribution in [0.15, 0.2) is 47.4 Å². The molecule has 10 nitrogen and oxygen atoms in total. The normalized spacial score (nSPS) is 15.7. The van der Waals surface area contributed by atoms with Gasteiger partial charge in [0.15, 0.2) is 5.82 Å². The fourth-order valence-electron chi connectivity index (χ4n) is 4.33. The van der Waals surface area contributed by atoms with Gasteiger partial charge in [0.1, 0.15) is 0 Å². The van der Waals surface area contributed by atoms with Crippen molar-refractivity contribution in [3.8, 4) is 11.3 Å². The van der Waals surface area contributed by atoms with Crippen LogP contribution in [0.5, 0.6) is 0 Å². The number of rotatable bonds is 5. The number of hydrogen-bond acceptors (Lipinski definition) is 8. The molecule has 0 saturated heterocycles. The predicted molar refractivity (Wildman–Crippen MR) is 135 cm³/mol. The topological polar surface area (TPSA) is 124 Å². The molecular weight excluding hydrogens is 456 g/mol. The van der Waals surface area contributed by atoms with Crippen molar-refractivity contribution in [1.29, 1.82) is 0 Å². The number of hydrogen-bond donors (Lipinski definition) is 2. The maximum atomic E-state index is 12.9. The summed E-state index contributed by atoms with van der Waals surface area (Å²) in [4.78, 5) is 26.2. The summed E-state index contributed by atoms with van der Waals surface area (Å²) in [6.45, 7) is 5.94. The summed E-state index contributed by atoms with van der Waals surface area (Å²) < 4.78 is 6.97. The molecule has 1 aromatic carbocycles. The number of benzene rings is 1. The van der Waals surface area contributed by atoms with Crippen molar-refractivity contribution in [2.24, 2.45) is 7.05 Å². The van der Waals surface area contributed by atoms with Gasteiger partial charge in [-0.2, -0.15) is 10.1 Å². The molecule has 1 atom stereocenters. The van der Waals surface area contributed by atoms with Gasteiger partial charge in [-0.25, -0.2) is 9.97 Å². The third-order valence-electron chi connectivity index (χ3n) is 6.22. The van der Waals surface area contributed by atoms with Crippen LogP contribution in [0.25, 0.3) is 11.3 Å². The van der Waals surface area contributed by atoms with Crippen molar-refractivity contribution in [1.82, 2.24) is 35.2 Å². The number of anilines is 2. The van der Waals surface area contributed by atoms with E-state index >= 15 is 0 Å². The van der Waals surface area contributed by atoms with Crippen molar-refractivity contribution in [3.05, 3.63) is 65.7 Å².